The molecular formula is C28H38N2S2. The van der Waals surface area contributed by atoms with Crippen LogP contribution in [0.2, 0.25) is 0 Å². The molecule has 4 heteroatoms. The molecule has 0 aliphatic carbocycles. The summed E-state index contributed by atoms with van der Waals surface area (Å²) in [6, 6.07) is 4.51. The summed E-state index contributed by atoms with van der Waals surface area (Å²) in [6.07, 6.45) is 18.1. The molecule has 0 unspecified atom stereocenters. The van der Waals surface area contributed by atoms with Crippen molar-refractivity contribution in [2.24, 2.45) is 0 Å². The molecule has 0 aliphatic heterocycles. The summed E-state index contributed by atoms with van der Waals surface area (Å²) in [5.41, 5.74) is 4.80. The van der Waals surface area contributed by atoms with Crippen molar-refractivity contribution in [1.82, 2.24) is 9.97 Å². The molecule has 2 nitrogen and oxygen atoms in total. The molecule has 172 valence electrons. The lowest BCUT2D eigenvalue weighted by Crippen LogP contribution is -2.04. The van der Waals surface area contributed by atoms with Crippen LogP contribution in [0.25, 0.3) is 31.2 Å². The van der Waals surface area contributed by atoms with Gasteiger partial charge in [-0.2, -0.15) is 0 Å². The molecule has 0 amide bonds. The van der Waals surface area contributed by atoms with E-state index in [1.807, 2.05) is 22.7 Å². The monoisotopic (exact) mass is 466 g/mol. The molecule has 3 aromatic heterocycles. The predicted octanol–water partition coefficient (Wildman–Crippen LogP) is 9.87. The molecule has 0 saturated heterocycles. The molecule has 3 heterocycles. The van der Waals surface area contributed by atoms with Gasteiger partial charge in [-0.05, 0) is 48.6 Å². The second kappa shape index (κ2) is 12.1. The number of hydrogen-bond acceptors (Lipinski definition) is 4. The Morgan fingerprint density at radius 1 is 0.562 bits per heavy atom. The molecule has 32 heavy (non-hydrogen) atoms. The van der Waals surface area contributed by atoms with Crippen LogP contribution in [0.4, 0.5) is 0 Å². The molecule has 0 spiro atoms. The summed E-state index contributed by atoms with van der Waals surface area (Å²) in [6.45, 7) is 4.57. The lowest BCUT2D eigenvalue weighted by molar-refractivity contribution is 0.593. The highest BCUT2D eigenvalue weighted by atomic mass is 32.1. The molecule has 4 rings (SSSR count). The van der Waals surface area contributed by atoms with E-state index in [9.17, 15) is 0 Å². The fourth-order valence-electron chi connectivity index (χ4n) is 4.77. The van der Waals surface area contributed by atoms with Gasteiger partial charge >= 0.3 is 0 Å². The van der Waals surface area contributed by atoms with Crippen LogP contribution in [-0.2, 0) is 12.8 Å². The highest BCUT2D eigenvalue weighted by molar-refractivity contribution is 7.21. The van der Waals surface area contributed by atoms with E-state index in [-0.39, 0.29) is 0 Å². The van der Waals surface area contributed by atoms with Crippen molar-refractivity contribution in [3.8, 4) is 0 Å². The van der Waals surface area contributed by atoms with Crippen LogP contribution >= 0.6 is 22.7 Å². The number of thiophene rings is 2. The number of benzene rings is 1. The normalized spacial score (nSPS) is 11.9. The fourth-order valence-corrected chi connectivity index (χ4v) is 6.66. The second-order valence-corrected chi connectivity index (χ2v) is 11.0. The predicted molar refractivity (Wildman–Crippen MR) is 144 cm³/mol. The topological polar surface area (TPSA) is 25.8 Å². The summed E-state index contributed by atoms with van der Waals surface area (Å²) >= 11 is 3.66. The van der Waals surface area contributed by atoms with Crippen LogP contribution in [0.15, 0.2) is 22.9 Å². The summed E-state index contributed by atoms with van der Waals surface area (Å²) in [5.74, 6) is 0. The maximum atomic E-state index is 5.32. The molecule has 0 aliphatic rings. The van der Waals surface area contributed by atoms with Gasteiger partial charge in [-0.3, -0.25) is 0 Å². The van der Waals surface area contributed by atoms with Crippen molar-refractivity contribution in [2.45, 2.75) is 104 Å². The number of rotatable bonds is 14. The molecule has 0 N–H and O–H groups in total. The first-order valence-corrected chi connectivity index (χ1v) is 14.6. The Balaban J connectivity index is 1.59. The zero-order valence-corrected chi connectivity index (χ0v) is 21.6. The van der Waals surface area contributed by atoms with Crippen molar-refractivity contribution in [2.75, 3.05) is 0 Å². The average Bonchev–Trinajstić information content (AvgIpc) is 3.48. The summed E-state index contributed by atoms with van der Waals surface area (Å²) in [5, 5.41) is 7.07. The molecule has 0 bridgehead atoms. The van der Waals surface area contributed by atoms with E-state index >= 15 is 0 Å². The van der Waals surface area contributed by atoms with Gasteiger partial charge in [0.15, 0.2) is 0 Å². The maximum absolute atomic E-state index is 5.32. The van der Waals surface area contributed by atoms with Gasteiger partial charge in [0, 0.05) is 15.5 Å². The maximum Gasteiger partial charge on any atom is 0.108 e. The summed E-state index contributed by atoms with van der Waals surface area (Å²) in [7, 11) is 0. The van der Waals surface area contributed by atoms with Crippen molar-refractivity contribution in [3.63, 3.8) is 0 Å². The zero-order valence-electron chi connectivity index (χ0n) is 19.9. The van der Waals surface area contributed by atoms with E-state index in [4.69, 9.17) is 9.97 Å². The lowest BCUT2D eigenvalue weighted by atomic mass is 10.0. The van der Waals surface area contributed by atoms with Crippen LogP contribution in [0.3, 0.4) is 0 Å². The van der Waals surface area contributed by atoms with Crippen molar-refractivity contribution in [3.05, 3.63) is 34.3 Å². The van der Waals surface area contributed by atoms with Gasteiger partial charge in [0.25, 0.3) is 0 Å². The number of aryl methyl sites for hydroxylation is 2. The van der Waals surface area contributed by atoms with Crippen LogP contribution < -0.4 is 0 Å². The van der Waals surface area contributed by atoms with Crippen LogP contribution in [0.1, 0.15) is 102 Å². The molecule has 0 atom stereocenters. The van der Waals surface area contributed by atoms with Gasteiger partial charge < -0.3 is 0 Å². The average molecular weight is 467 g/mol. The number of nitrogens with zero attached hydrogens (tertiary/aromatic N) is 2. The van der Waals surface area contributed by atoms with Gasteiger partial charge in [0.2, 0.25) is 0 Å². The van der Waals surface area contributed by atoms with Gasteiger partial charge in [0.1, 0.15) is 5.52 Å². The van der Waals surface area contributed by atoms with E-state index in [1.165, 1.54) is 109 Å². The van der Waals surface area contributed by atoms with Crippen molar-refractivity contribution in [1.29, 1.82) is 0 Å². The summed E-state index contributed by atoms with van der Waals surface area (Å²) < 4.78 is 2.69. The van der Waals surface area contributed by atoms with Gasteiger partial charge in [0.05, 0.1) is 21.6 Å². The Hall–Kier alpha value is -1.52. The number of unbranched alkanes of at least 4 members (excludes halogenated alkanes) is 10. The first-order chi connectivity index (χ1) is 15.8. The quantitative estimate of drug-likeness (QED) is 0.173. The Labute approximate surface area is 201 Å². The number of aromatic nitrogens is 2. The lowest BCUT2D eigenvalue weighted by Gasteiger charge is -2.12. The third kappa shape index (κ3) is 5.51. The minimum absolute atomic E-state index is 1.08. The number of fused-ring (bicyclic) bond motifs is 6. The molecule has 0 radical (unpaired) electrons. The van der Waals surface area contributed by atoms with Crippen molar-refractivity contribution >= 4 is 53.9 Å². The fraction of sp³-hybridized carbons (Fsp3) is 0.571. The van der Waals surface area contributed by atoms with E-state index in [1.54, 1.807) is 0 Å². The molecule has 0 saturated carbocycles. The van der Waals surface area contributed by atoms with E-state index in [2.05, 4.69) is 36.7 Å². The first-order valence-electron chi connectivity index (χ1n) is 12.9. The standard InChI is InChI=1S/C28H38N2S2/c1-3-5-7-9-11-13-15-23-24(16-14-12-10-8-6-4-2)30-26-25(29-23)21-17-19-31-27(21)22-18-20-32-28(22)26/h17-20H,3-16H2,1-2H3. The Bertz CT molecular complexity index is 1040. The van der Waals surface area contributed by atoms with Crippen LogP contribution in [0.5, 0.6) is 0 Å². The van der Waals surface area contributed by atoms with Gasteiger partial charge in [-0.15, -0.1) is 22.7 Å². The van der Waals surface area contributed by atoms with E-state index < -0.39 is 0 Å². The van der Waals surface area contributed by atoms with Gasteiger partial charge in [-0.1, -0.05) is 78.1 Å². The second-order valence-electron chi connectivity index (χ2n) is 9.18. The van der Waals surface area contributed by atoms with Gasteiger partial charge in [-0.25, -0.2) is 9.97 Å². The highest BCUT2D eigenvalue weighted by Crippen LogP contribution is 2.39. The van der Waals surface area contributed by atoms with Crippen LogP contribution in [-0.4, -0.2) is 9.97 Å². The van der Waals surface area contributed by atoms with E-state index in [0.29, 0.717) is 0 Å². The Kier molecular flexibility index (Phi) is 8.93. The highest BCUT2D eigenvalue weighted by Gasteiger charge is 2.16. The molecule has 4 aromatic rings. The third-order valence-corrected chi connectivity index (χ3v) is 8.50. The Morgan fingerprint density at radius 3 is 1.69 bits per heavy atom. The number of hydrogen-bond donors (Lipinski definition) is 0. The third-order valence-electron chi connectivity index (χ3n) is 6.63. The van der Waals surface area contributed by atoms with Crippen LogP contribution in [0, 0.1) is 0 Å². The first kappa shape index (κ1) is 23.6. The minimum atomic E-state index is 1.08. The molecule has 1 aromatic carbocycles. The summed E-state index contributed by atoms with van der Waals surface area (Å²) in [4.78, 5) is 10.6. The SMILES string of the molecule is CCCCCCCCc1nc2c3ccsc3c3ccsc3c2nc1CCCCCCCC. The van der Waals surface area contributed by atoms with Crippen molar-refractivity contribution < 1.29 is 0 Å². The zero-order chi connectivity index (χ0) is 22.2. The Morgan fingerprint density at radius 2 is 1.06 bits per heavy atom. The minimum Gasteiger partial charge on any atom is -0.249 e. The van der Waals surface area contributed by atoms with E-state index in [0.717, 1.165) is 23.9 Å². The molecular weight excluding hydrogens is 428 g/mol. The molecule has 0 fully saturated rings. The smallest absolute Gasteiger partial charge is 0.108 e. The largest absolute Gasteiger partial charge is 0.249 e.